The number of nitrogens with one attached hydrogen (secondary N) is 2. The fourth-order valence-corrected chi connectivity index (χ4v) is 2.93. The molecule has 0 unspecified atom stereocenters. The van der Waals surface area contributed by atoms with Gasteiger partial charge >= 0.3 is 0 Å². The lowest BCUT2D eigenvalue weighted by molar-refractivity contribution is 0.405. The smallest absolute Gasteiger partial charge is 0.225 e. The van der Waals surface area contributed by atoms with E-state index in [9.17, 15) is 0 Å². The minimum absolute atomic E-state index is 0.476. The Kier molecular flexibility index (Phi) is 6.21. The van der Waals surface area contributed by atoms with Gasteiger partial charge in [-0.2, -0.15) is 4.98 Å². The summed E-state index contributed by atoms with van der Waals surface area (Å²) in [6, 6.07) is 13.7. The van der Waals surface area contributed by atoms with Crippen molar-refractivity contribution < 1.29 is 9.47 Å². The Bertz CT molecular complexity index is 961. The molecule has 146 valence electrons. The van der Waals surface area contributed by atoms with Gasteiger partial charge in [-0.3, -0.25) is 0 Å². The highest BCUT2D eigenvalue weighted by atomic mass is 35.5. The van der Waals surface area contributed by atoms with Crippen molar-refractivity contribution in [3.63, 3.8) is 0 Å². The summed E-state index contributed by atoms with van der Waals surface area (Å²) in [4.78, 5) is 9.01. The number of ether oxygens (including phenoxy) is 2. The minimum Gasteiger partial charge on any atom is -0.495 e. The van der Waals surface area contributed by atoms with E-state index in [0.29, 0.717) is 40.5 Å². The van der Waals surface area contributed by atoms with Gasteiger partial charge in [-0.25, -0.2) is 4.98 Å². The molecule has 0 amide bonds. The fraction of sp³-hybridized carbons (Fsp3) is 0.238. The van der Waals surface area contributed by atoms with E-state index >= 15 is 0 Å². The monoisotopic (exact) mass is 398 g/mol. The lowest BCUT2D eigenvalue weighted by atomic mass is 10.1. The summed E-state index contributed by atoms with van der Waals surface area (Å²) >= 11 is 6.17. The van der Waals surface area contributed by atoms with Gasteiger partial charge in [0.2, 0.25) is 5.95 Å². The number of rotatable bonds is 7. The molecule has 6 nitrogen and oxygen atoms in total. The predicted octanol–water partition coefficient (Wildman–Crippen LogP) is 5.12. The van der Waals surface area contributed by atoms with Crippen LogP contribution in [0.5, 0.6) is 11.5 Å². The van der Waals surface area contributed by atoms with E-state index in [0.717, 1.165) is 11.3 Å². The maximum absolute atomic E-state index is 6.17. The van der Waals surface area contributed by atoms with Crippen LogP contribution in [0.25, 0.3) is 0 Å². The lowest BCUT2D eigenvalue weighted by Gasteiger charge is -2.14. The molecule has 0 bridgehead atoms. The highest BCUT2D eigenvalue weighted by molar-refractivity contribution is 6.32. The molecule has 3 aromatic rings. The molecule has 7 heteroatoms. The molecule has 0 aliphatic rings. The molecule has 0 radical (unpaired) electrons. The van der Waals surface area contributed by atoms with Crippen LogP contribution in [0.1, 0.15) is 16.8 Å². The van der Waals surface area contributed by atoms with Crippen LogP contribution in [0.15, 0.2) is 42.5 Å². The molecule has 0 saturated heterocycles. The third-order valence-electron chi connectivity index (χ3n) is 4.16. The molecule has 0 fully saturated rings. The summed E-state index contributed by atoms with van der Waals surface area (Å²) in [7, 11) is 3.16. The van der Waals surface area contributed by atoms with Gasteiger partial charge in [0.1, 0.15) is 17.3 Å². The SMILES string of the molecule is COc1cc(Nc2cc(C)nc(NCc3ccc(C)cc3)n2)c(OC)cc1Cl. The second-order valence-corrected chi connectivity index (χ2v) is 6.78. The van der Waals surface area contributed by atoms with E-state index in [1.807, 2.05) is 13.0 Å². The molecular weight excluding hydrogens is 376 g/mol. The number of methoxy groups -OCH3 is 2. The van der Waals surface area contributed by atoms with Crippen LogP contribution in [0.2, 0.25) is 5.02 Å². The van der Waals surface area contributed by atoms with E-state index < -0.39 is 0 Å². The number of nitrogens with zero attached hydrogens (tertiary/aromatic N) is 2. The van der Waals surface area contributed by atoms with Crippen LogP contribution in [-0.2, 0) is 6.54 Å². The fourth-order valence-electron chi connectivity index (χ4n) is 2.69. The number of hydrogen-bond donors (Lipinski definition) is 2. The van der Waals surface area contributed by atoms with Gasteiger partial charge in [-0.15, -0.1) is 0 Å². The Hall–Kier alpha value is -2.99. The van der Waals surface area contributed by atoms with Crippen molar-refractivity contribution in [3.8, 4) is 11.5 Å². The summed E-state index contributed by atoms with van der Waals surface area (Å²) in [6.07, 6.45) is 0. The van der Waals surface area contributed by atoms with Crippen molar-refractivity contribution in [3.05, 3.63) is 64.3 Å². The van der Waals surface area contributed by atoms with Crippen LogP contribution in [-0.4, -0.2) is 24.2 Å². The van der Waals surface area contributed by atoms with Crippen molar-refractivity contribution in [2.45, 2.75) is 20.4 Å². The summed E-state index contributed by atoms with van der Waals surface area (Å²) in [5.41, 5.74) is 3.93. The van der Waals surface area contributed by atoms with Gasteiger partial charge in [0, 0.05) is 30.4 Å². The zero-order valence-electron chi connectivity index (χ0n) is 16.3. The van der Waals surface area contributed by atoms with Gasteiger partial charge < -0.3 is 20.1 Å². The Morgan fingerprint density at radius 2 is 1.64 bits per heavy atom. The highest BCUT2D eigenvalue weighted by Crippen LogP contribution is 2.37. The third-order valence-corrected chi connectivity index (χ3v) is 4.46. The van der Waals surface area contributed by atoms with Crippen LogP contribution < -0.4 is 20.1 Å². The summed E-state index contributed by atoms with van der Waals surface area (Å²) in [5, 5.41) is 7.00. The Morgan fingerprint density at radius 3 is 2.32 bits per heavy atom. The lowest BCUT2D eigenvalue weighted by Crippen LogP contribution is -2.06. The number of aromatic nitrogens is 2. The van der Waals surface area contributed by atoms with Gasteiger partial charge in [-0.1, -0.05) is 41.4 Å². The van der Waals surface area contributed by atoms with Crippen LogP contribution in [0, 0.1) is 13.8 Å². The molecule has 1 aromatic heterocycles. The Balaban J connectivity index is 1.80. The van der Waals surface area contributed by atoms with Crippen molar-refractivity contribution in [1.82, 2.24) is 9.97 Å². The topological polar surface area (TPSA) is 68.3 Å². The molecule has 0 aliphatic heterocycles. The van der Waals surface area contributed by atoms with Gasteiger partial charge in [0.05, 0.1) is 24.9 Å². The quantitative estimate of drug-likeness (QED) is 0.575. The zero-order valence-corrected chi connectivity index (χ0v) is 17.1. The summed E-state index contributed by atoms with van der Waals surface area (Å²) < 4.78 is 10.7. The van der Waals surface area contributed by atoms with Crippen molar-refractivity contribution in [1.29, 1.82) is 0 Å². The van der Waals surface area contributed by atoms with Gasteiger partial charge in [0.15, 0.2) is 0 Å². The van der Waals surface area contributed by atoms with E-state index in [1.54, 1.807) is 26.4 Å². The molecule has 3 rings (SSSR count). The molecule has 0 spiro atoms. The number of halogens is 1. The van der Waals surface area contributed by atoms with Crippen LogP contribution >= 0.6 is 11.6 Å². The van der Waals surface area contributed by atoms with E-state index in [2.05, 4.69) is 51.8 Å². The zero-order chi connectivity index (χ0) is 20.1. The molecular formula is C21H23ClN4O2. The van der Waals surface area contributed by atoms with E-state index in [1.165, 1.54) is 5.56 Å². The maximum Gasteiger partial charge on any atom is 0.225 e. The Labute approximate surface area is 169 Å². The summed E-state index contributed by atoms with van der Waals surface area (Å²) in [5.74, 6) is 2.33. The third kappa shape index (κ3) is 4.84. The normalized spacial score (nSPS) is 10.5. The maximum atomic E-state index is 6.17. The molecule has 0 aliphatic carbocycles. The first kappa shape index (κ1) is 19.8. The molecule has 0 atom stereocenters. The average Bonchev–Trinajstić information content (AvgIpc) is 2.68. The number of anilines is 3. The Morgan fingerprint density at radius 1 is 0.929 bits per heavy atom. The number of benzene rings is 2. The largest absolute Gasteiger partial charge is 0.495 e. The second kappa shape index (κ2) is 8.80. The van der Waals surface area contributed by atoms with Gasteiger partial charge in [-0.05, 0) is 19.4 Å². The number of aryl methyl sites for hydroxylation is 2. The predicted molar refractivity (Wildman–Crippen MR) is 113 cm³/mol. The standard InChI is InChI=1S/C21H23ClN4O2/c1-13-5-7-15(8-6-13)12-23-21-24-14(2)9-20(26-21)25-17-11-18(27-3)16(22)10-19(17)28-4/h5-11H,12H2,1-4H3,(H2,23,24,25,26). The minimum atomic E-state index is 0.476. The van der Waals surface area contributed by atoms with Crippen molar-refractivity contribution in [2.24, 2.45) is 0 Å². The van der Waals surface area contributed by atoms with E-state index in [4.69, 9.17) is 21.1 Å². The number of hydrogen-bond acceptors (Lipinski definition) is 6. The summed E-state index contributed by atoms with van der Waals surface area (Å²) in [6.45, 7) is 4.63. The molecule has 28 heavy (non-hydrogen) atoms. The van der Waals surface area contributed by atoms with Crippen LogP contribution in [0.4, 0.5) is 17.5 Å². The first-order valence-electron chi connectivity index (χ1n) is 8.82. The van der Waals surface area contributed by atoms with Gasteiger partial charge in [0.25, 0.3) is 0 Å². The van der Waals surface area contributed by atoms with Crippen molar-refractivity contribution in [2.75, 3.05) is 24.9 Å². The molecule has 0 saturated carbocycles. The van der Waals surface area contributed by atoms with Crippen molar-refractivity contribution >= 4 is 29.1 Å². The first-order valence-corrected chi connectivity index (χ1v) is 9.20. The second-order valence-electron chi connectivity index (χ2n) is 6.37. The van der Waals surface area contributed by atoms with Crippen LogP contribution in [0.3, 0.4) is 0 Å². The van der Waals surface area contributed by atoms with E-state index in [-0.39, 0.29) is 0 Å². The molecule has 2 aromatic carbocycles. The molecule has 2 N–H and O–H groups in total. The first-order chi connectivity index (χ1) is 13.5. The average molecular weight is 399 g/mol. The molecule has 1 heterocycles. The highest BCUT2D eigenvalue weighted by Gasteiger charge is 2.12.